The van der Waals surface area contributed by atoms with Gasteiger partial charge in [-0.3, -0.25) is 4.79 Å². The molecule has 0 heterocycles. The highest BCUT2D eigenvalue weighted by atomic mass is 19.4. The Bertz CT molecular complexity index is 502. The van der Waals surface area contributed by atoms with Crippen LogP contribution in [0.1, 0.15) is 58.8 Å². The molecule has 4 aliphatic carbocycles. The lowest BCUT2D eigenvalue weighted by Crippen LogP contribution is -2.55. The summed E-state index contributed by atoms with van der Waals surface area (Å²) in [7, 11) is 0. The number of carbonyl (C=O) groups is 1. The van der Waals surface area contributed by atoms with Gasteiger partial charge in [-0.1, -0.05) is 6.92 Å². The van der Waals surface area contributed by atoms with E-state index in [2.05, 4.69) is 0 Å². The molecule has 4 rings (SSSR count). The SMILES string of the molecule is CCC(C)(C(=O)OCC12CC3CC(CC(CO)(C3)C1)C2)C(F)(F)F. The van der Waals surface area contributed by atoms with Crippen molar-refractivity contribution in [3.05, 3.63) is 0 Å². The maximum absolute atomic E-state index is 13.2. The van der Waals surface area contributed by atoms with Gasteiger partial charge in [0.15, 0.2) is 5.41 Å². The number of hydrogen-bond donors (Lipinski definition) is 1. The minimum absolute atomic E-state index is 0.0618. The Hall–Kier alpha value is -0.780. The molecular formula is C18H27F3O3. The first-order valence-corrected chi connectivity index (χ1v) is 8.92. The molecule has 4 saturated carbocycles. The number of alkyl halides is 3. The van der Waals surface area contributed by atoms with Gasteiger partial charge in [-0.15, -0.1) is 0 Å². The van der Waals surface area contributed by atoms with Crippen LogP contribution in [0.2, 0.25) is 0 Å². The molecule has 3 atom stereocenters. The first-order valence-electron chi connectivity index (χ1n) is 8.92. The highest BCUT2D eigenvalue weighted by Crippen LogP contribution is 2.65. The highest BCUT2D eigenvalue weighted by molar-refractivity contribution is 5.77. The molecule has 3 unspecified atom stereocenters. The first-order chi connectivity index (χ1) is 11.1. The summed E-state index contributed by atoms with van der Waals surface area (Å²) in [5.41, 5.74) is -2.78. The molecule has 0 aromatic rings. The summed E-state index contributed by atoms with van der Waals surface area (Å²) >= 11 is 0. The maximum Gasteiger partial charge on any atom is 0.404 e. The molecular weight excluding hydrogens is 321 g/mol. The first kappa shape index (κ1) is 18.0. The van der Waals surface area contributed by atoms with Crippen LogP contribution < -0.4 is 0 Å². The Morgan fingerprint density at radius 1 is 1.17 bits per heavy atom. The van der Waals surface area contributed by atoms with E-state index in [4.69, 9.17) is 4.74 Å². The molecule has 0 aromatic heterocycles. The van der Waals surface area contributed by atoms with Crippen LogP contribution in [0.5, 0.6) is 0 Å². The number of hydrogen-bond acceptors (Lipinski definition) is 3. The van der Waals surface area contributed by atoms with Crippen molar-refractivity contribution in [1.82, 2.24) is 0 Å². The Labute approximate surface area is 140 Å². The number of rotatable bonds is 5. The second-order valence-electron chi connectivity index (χ2n) is 8.88. The van der Waals surface area contributed by atoms with Crippen molar-refractivity contribution in [3.8, 4) is 0 Å². The zero-order valence-electron chi connectivity index (χ0n) is 14.4. The zero-order chi connectivity index (χ0) is 17.8. The molecule has 4 fully saturated rings. The third-order valence-corrected chi connectivity index (χ3v) is 6.93. The molecule has 0 spiro atoms. The van der Waals surface area contributed by atoms with Crippen molar-refractivity contribution in [2.45, 2.75) is 65.0 Å². The minimum Gasteiger partial charge on any atom is -0.464 e. The molecule has 4 aliphatic rings. The van der Waals surface area contributed by atoms with Gasteiger partial charge in [-0.05, 0) is 69.1 Å². The van der Waals surface area contributed by atoms with Crippen LogP contribution in [0.25, 0.3) is 0 Å². The fourth-order valence-electron chi connectivity index (χ4n) is 5.84. The maximum atomic E-state index is 13.2. The average Bonchev–Trinajstić information content (AvgIpc) is 2.49. The lowest BCUT2D eigenvalue weighted by atomic mass is 9.44. The van der Waals surface area contributed by atoms with Crippen LogP contribution in [-0.4, -0.2) is 30.5 Å². The quantitative estimate of drug-likeness (QED) is 0.761. The van der Waals surface area contributed by atoms with Crippen molar-refractivity contribution in [2.75, 3.05) is 13.2 Å². The molecule has 0 saturated heterocycles. The van der Waals surface area contributed by atoms with E-state index in [1.807, 2.05) is 0 Å². The monoisotopic (exact) mass is 348 g/mol. The van der Waals surface area contributed by atoms with E-state index < -0.39 is 17.6 Å². The standard InChI is InChI=1S/C18H27F3O3/c1-3-15(2,18(19,20)21)14(23)24-11-17-7-12-4-13(8-17)6-16(5-12,9-17)10-22/h12-13,22H,3-11H2,1-2H3. The van der Waals surface area contributed by atoms with E-state index in [9.17, 15) is 23.1 Å². The molecule has 6 heteroatoms. The smallest absolute Gasteiger partial charge is 0.404 e. The summed E-state index contributed by atoms with van der Waals surface area (Å²) < 4.78 is 44.9. The van der Waals surface area contributed by atoms with Gasteiger partial charge in [-0.25, -0.2) is 0 Å². The van der Waals surface area contributed by atoms with Gasteiger partial charge < -0.3 is 9.84 Å². The van der Waals surface area contributed by atoms with E-state index in [0.29, 0.717) is 11.8 Å². The largest absolute Gasteiger partial charge is 0.464 e. The number of aliphatic hydroxyl groups excluding tert-OH is 1. The molecule has 138 valence electrons. The number of carbonyl (C=O) groups excluding carboxylic acids is 1. The van der Waals surface area contributed by atoms with E-state index in [1.54, 1.807) is 0 Å². The Morgan fingerprint density at radius 3 is 2.17 bits per heavy atom. The number of aliphatic hydroxyl groups is 1. The average molecular weight is 348 g/mol. The van der Waals surface area contributed by atoms with Crippen LogP contribution in [0.15, 0.2) is 0 Å². The second kappa shape index (κ2) is 5.61. The van der Waals surface area contributed by atoms with Gasteiger partial charge in [0, 0.05) is 12.0 Å². The van der Waals surface area contributed by atoms with Crippen molar-refractivity contribution in [3.63, 3.8) is 0 Å². The molecule has 1 N–H and O–H groups in total. The van der Waals surface area contributed by atoms with Crippen molar-refractivity contribution in [2.24, 2.45) is 28.1 Å². The van der Waals surface area contributed by atoms with Crippen molar-refractivity contribution >= 4 is 5.97 Å². The van der Waals surface area contributed by atoms with Crippen LogP contribution in [-0.2, 0) is 9.53 Å². The third kappa shape index (κ3) is 2.74. The topological polar surface area (TPSA) is 46.5 Å². The number of ether oxygens (including phenoxy) is 1. The third-order valence-electron chi connectivity index (χ3n) is 6.93. The van der Waals surface area contributed by atoms with Gasteiger partial charge in [0.1, 0.15) is 0 Å². The van der Waals surface area contributed by atoms with Gasteiger partial charge in [-0.2, -0.15) is 13.2 Å². The molecule has 4 bridgehead atoms. The summed E-state index contributed by atoms with van der Waals surface area (Å²) in [6.07, 6.45) is 0.815. The van der Waals surface area contributed by atoms with Crippen LogP contribution >= 0.6 is 0 Å². The predicted molar refractivity (Wildman–Crippen MR) is 82.0 cm³/mol. The van der Waals surface area contributed by atoms with Crippen molar-refractivity contribution in [1.29, 1.82) is 0 Å². The Balaban J connectivity index is 1.72. The molecule has 0 aliphatic heterocycles. The van der Waals surface area contributed by atoms with Gasteiger partial charge >= 0.3 is 12.1 Å². The summed E-state index contributed by atoms with van der Waals surface area (Å²) in [5.74, 6) is -0.138. The minimum atomic E-state index is -4.60. The molecule has 0 radical (unpaired) electrons. The van der Waals surface area contributed by atoms with E-state index in [0.717, 1.165) is 45.4 Å². The molecule has 0 amide bonds. The summed E-state index contributed by atoms with van der Waals surface area (Å²) in [4.78, 5) is 12.2. The normalized spacial score (nSPS) is 40.4. The van der Waals surface area contributed by atoms with E-state index >= 15 is 0 Å². The van der Waals surface area contributed by atoms with Crippen LogP contribution in [0.3, 0.4) is 0 Å². The zero-order valence-corrected chi connectivity index (χ0v) is 14.4. The van der Waals surface area contributed by atoms with Crippen molar-refractivity contribution < 1.29 is 27.8 Å². The summed E-state index contributed by atoms with van der Waals surface area (Å²) in [5, 5.41) is 9.84. The molecule has 0 aromatic carbocycles. The highest BCUT2D eigenvalue weighted by Gasteiger charge is 2.60. The van der Waals surface area contributed by atoms with Gasteiger partial charge in [0.25, 0.3) is 0 Å². The molecule has 24 heavy (non-hydrogen) atoms. The van der Waals surface area contributed by atoms with Crippen LogP contribution in [0, 0.1) is 28.1 Å². The number of halogens is 3. The van der Waals surface area contributed by atoms with E-state index in [-0.39, 0.29) is 30.5 Å². The Morgan fingerprint density at radius 2 is 1.71 bits per heavy atom. The fourth-order valence-corrected chi connectivity index (χ4v) is 5.84. The fraction of sp³-hybridized carbons (Fsp3) is 0.944. The van der Waals surface area contributed by atoms with Gasteiger partial charge in [0.05, 0.1) is 6.61 Å². The number of esters is 1. The summed E-state index contributed by atoms with van der Waals surface area (Å²) in [6.45, 7) is 2.47. The van der Waals surface area contributed by atoms with Gasteiger partial charge in [0.2, 0.25) is 0 Å². The predicted octanol–water partition coefficient (Wildman–Crippen LogP) is 4.09. The lowest BCUT2D eigenvalue weighted by Gasteiger charge is -2.61. The lowest BCUT2D eigenvalue weighted by molar-refractivity contribution is -0.235. The molecule has 3 nitrogen and oxygen atoms in total. The second-order valence-corrected chi connectivity index (χ2v) is 8.88. The summed E-state index contributed by atoms with van der Waals surface area (Å²) in [6, 6.07) is 0. The Kier molecular flexibility index (Phi) is 4.22. The van der Waals surface area contributed by atoms with Crippen LogP contribution in [0.4, 0.5) is 13.2 Å². The van der Waals surface area contributed by atoms with E-state index in [1.165, 1.54) is 6.92 Å².